The molecule has 2 heterocycles. The van der Waals surface area contributed by atoms with Gasteiger partial charge in [0.25, 0.3) is 0 Å². The van der Waals surface area contributed by atoms with E-state index in [1.807, 2.05) is 0 Å². The van der Waals surface area contributed by atoms with Crippen LogP contribution < -0.4 is 10.1 Å². The first-order chi connectivity index (χ1) is 12.7. The number of nitrogens with zero attached hydrogens (tertiary/aromatic N) is 2. The van der Waals surface area contributed by atoms with Crippen LogP contribution in [0.1, 0.15) is 5.56 Å². The Kier molecular flexibility index (Phi) is 3.38. The van der Waals surface area contributed by atoms with Gasteiger partial charge in [-0.05, 0) is 41.5 Å². The third-order valence-corrected chi connectivity index (χ3v) is 5.35. The summed E-state index contributed by atoms with van der Waals surface area (Å²) in [6.45, 7) is 4.46. The van der Waals surface area contributed by atoms with Crippen molar-refractivity contribution < 1.29 is 4.74 Å². The minimum absolute atomic E-state index is 0.498. The van der Waals surface area contributed by atoms with Crippen LogP contribution in [0.15, 0.2) is 53.5 Å². The van der Waals surface area contributed by atoms with Crippen molar-refractivity contribution in [3.63, 3.8) is 0 Å². The molecule has 0 fully saturated rings. The lowest BCUT2D eigenvalue weighted by Crippen LogP contribution is -2.24. The molecule has 0 spiro atoms. The molecule has 26 heavy (non-hydrogen) atoms. The molecule has 130 valence electrons. The number of amidine groups is 1. The Bertz CT molecular complexity index is 1190. The van der Waals surface area contributed by atoms with Crippen molar-refractivity contribution in [1.29, 1.82) is 0 Å². The molecule has 4 nitrogen and oxygen atoms in total. The maximum Gasteiger partial charge on any atom is 0.145 e. The molecule has 0 atom stereocenters. The number of rotatable bonds is 3. The van der Waals surface area contributed by atoms with E-state index in [4.69, 9.17) is 4.74 Å². The van der Waals surface area contributed by atoms with Gasteiger partial charge in [0.05, 0.1) is 17.6 Å². The van der Waals surface area contributed by atoms with Crippen molar-refractivity contribution in [1.82, 2.24) is 9.88 Å². The molecule has 1 aromatic heterocycles. The van der Waals surface area contributed by atoms with Crippen LogP contribution in [0.4, 0.5) is 0 Å². The number of nitrogens with one attached hydrogen (secondary N) is 1. The van der Waals surface area contributed by atoms with Gasteiger partial charge in [0.1, 0.15) is 18.2 Å². The topological polar surface area (TPSA) is 38.5 Å². The van der Waals surface area contributed by atoms with Crippen molar-refractivity contribution in [2.75, 3.05) is 19.7 Å². The minimum atomic E-state index is 0.498. The monoisotopic (exact) mass is 343 g/mol. The summed E-state index contributed by atoms with van der Waals surface area (Å²) in [4.78, 5) is 4.38. The first kappa shape index (κ1) is 15.3. The normalized spacial score (nSPS) is 14.2. The van der Waals surface area contributed by atoms with E-state index in [-0.39, 0.29) is 0 Å². The lowest BCUT2D eigenvalue weighted by Gasteiger charge is -2.08. The average molecular weight is 343 g/mol. The second kappa shape index (κ2) is 5.77. The zero-order valence-corrected chi connectivity index (χ0v) is 15.0. The SMILES string of the molecule is Cc1c2ccccc2cc2c3ccc(OCC4=NCCN4)cc3n(C)c12. The summed E-state index contributed by atoms with van der Waals surface area (Å²) in [6, 6.07) is 17.3. The molecule has 0 saturated heterocycles. The molecule has 0 amide bonds. The van der Waals surface area contributed by atoms with Crippen molar-refractivity contribution in [2.45, 2.75) is 6.92 Å². The summed E-state index contributed by atoms with van der Waals surface area (Å²) in [5.74, 6) is 1.81. The number of benzene rings is 3. The fourth-order valence-corrected chi connectivity index (χ4v) is 4.08. The van der Waals surface area contributed by atoms with Gasteiger partial charge in [0.15, 0.2) is 0 Å². The second-order valence-corrected chi connectivity index (χ2v) is 6.90. The lowest BCUT2D eigenvalue weighted by atomic mass is 10.0. The minimum Gasteiger partial charge on any atom is -0.486 e. The molecular formula is C22H21N3O. The van der Waals surface area contributed by atoms with E-state index in [0.29, 0.717) is 6.61 Å². The standard InChI is InChI=1S/C22H21N3O/c1-14-17-6-4-3-5-15(17)11-19-18-8-7-16(12-20(18)25(2)22(14)19)26-13-21-23-9-10-24-21/h3-8,11-12H,9-10,13H2,1-2H3,(H,23,24). The third-order valence-electron chi connectivity index (χ3n) is 5.35. The molecule has 0 aliphatic carbocycles. The Labute approximate surface area is 152 Å². The van der Waals surface area contributed by atoms with Gasteiger partial charge in [-0.1, -0.05) is 24.3 Å². The number of aliphatic imine (C=N–C) groups is 1. The number of aromatic nitrogens is 1. The molecule has 1 aliphatic rings. The predicted molar refractivity (Wildman–Crippen MR) is 108 cm³/mol. The number of hydrogen-bond acceptors (Lipinski definition) is 3. The molecule has 0 bridgehead atoms. The quantitative estimate of drug-likeness (QED) is 0.606. The molecule has 1 N–H and O–H groups in total. The highest BCUT2D eigenvalue weighted by atomic mass is 16.5. The van der Waals surface area contributed by atoms with E-state index >= 15 is 0 Å². The Morgan fingerprint density at radius 3 is 2.81 bits per heavy atom. The van der Waals surface area contributed by atoms with Gasteiger partial charge in [0, 0.05) is 30.4 Å². The largest absolute Gasteiger partial charge is 0.486 e. The second-order valence-electron chi connectivity index (χ2n) is 6.90. The molecule has 0 saturated carbocycles. The van der Waals surface area contributed by atoms with Crippen LogP contribution in [0.2, 0.25) is 0 Å². The molecule has 0 radical (unpaired) electrons. The van der Waals surface area contributed by atoms with Crippen molar-refractivity contribution in [3.05, 3.63) is 54.1 Å². The average Bonchev–Trinajstić information content (AvgIpc) is 3.28. The molecular weight excluding hydrogens is 322 g/mol. The van der Waals surface area contributed by atoms with Gasteiger partial charge in [-0.3, -0.25) is 4.99 Å². The Hall–Kier alpha value is -3.01. The summed E-state index contributed by atoms with van der Waals surface area (Å²) in [6.07, 6.45) is 0. The zero-order chi connectivity index (χ0) is 17.7. The molecule has 1 aliphatic heterocycles. The first-order valence-electron chi connectivity index (χ1n) is 9.03. The van der Waals surface area contributed by atoms with Gasteiger partial charge in [-0.25, -0.2) is 0 Å². The Morgan fingerprint density at radius 2 is 1.96 bits per heavy atom. The van der Waals surface area contributed by atoms with Gasteiger partial charge < -0.3 is 14.6 Å². The fraction of sp³-hybridized carbons (Fsp3) is 0.227. The smallest absolute Gasteiger partial charge is 0.145 e. The first-order valence-corrected chi connectivity index (χ1v) is 9.03. The number of fused-ring (bicyclic) bond motifs is 4. The summed E-state index contributed by atoms with van der Waals surface area (Å²) in [5, 5.41) is 8.40. The molecule has 4 aromatic rings. The maximum absolute atomic E-state index is 5.95. The van der Waals surface area contributed by atoms with Gasteiger partial charge in [-0.15, -0.1) is 0 Å². The summed E-state index contributed by atoms with van der Waals surface area (Å²) >= 11 is 0. The summed E-state index contributed by atoms with van der Waals surface area (Å²) < 4.78 is 8.23. The van der Waals surface area contributed by atoms with Crippen LogP contribution in [-0.4, -0.2) is 30.1 Å². The molecule has 0 unspecified atom stereocenters. The maximum atomic E-state index is 5.95. The van der Waals surface area contributed by atoms with E-state index in [0.717, 1.165) is 24.7 Å². The van der Waals surface area contributed by atoms with E-state index in [2.05, 4.69) is 77.4 Å². The van der Waals surface area contributed by atoms with Crippen LogP contribution in [-0.2, 0) is 7.05 Å². The number of ether oxygens (including phenoxy) is 1. The third kappa shape index (κ3) is 2.25. The van der Waals surface area contributed by atoms with E-state index in [1.54, 1.807) is 0 Å². The highest BCUT2D eigenvalue weighted by Gasteiger charge is 2.14. The summed E-state index contributed by atoms with van der Waals surface area (Å²) in [5.41, 5.74) is 3.80. The van der Waals surface area contributed by atoms with Crippen molar-refractivity contribution >= 4 is 38.4 Å². The van der Waals surface area contributed by atoms with Crippen LogP contribution in [0.3, 0.4) is 0 Å². The predicted octanol–water partition coefficient (Wildman–Crippen LogP) is 4.17. The molecule has 3 aromatic carbocycles. The lowest BCUT2D eigenvalue weighted by molar-refractivity contribution is 0.374. The highest BCUT2D eigenvalue weighted by Crippen LogP contribution is 2.36. The number of hydrogen-bond donors (Lipinski definition) is 1. The van der Waals surface area contributed by atoms with Crippen LogP contribution in [0.5, 0.6) is 5.75 Å². The van der Waals surface area contributed by atoms with E-state index in [1.165, 1.54) is 38.1 Å². The van der Waals surface area contributed by atoms with E-state index in [9.17, 15) is 0 Å². The molecule has 5 rings (SSSR count). The summed E-state index contributed by atoms with van der Waals surface area (Å²) in [7, 11) is 2.14. The zero-order valence-electron chi connectivity index (χ0n) is 15.0. The van der Waals surface area contributed by atoms with Crippen LogP contribution >= 0.6 is 0 Å². The van der Waals surface area contributed by atoms with Crippen LogP contribution in [0, 0.1) is 6.92 Å². The van der Waals surface area contributed by atoms with Gasteiger partial charge >= 0.3 is 0 Å². The van der Waals surface area contributed by atoms with Gasteiger partial charge in [-0.2, -0.15) is 0 Å². The van der Waals surface area contributed by atoms with Crippen LogP contribution in [0.25, 0.3) is 32.6 Å². The van der Waals surface area contributed by atoms with Crippen molar-refractivity contribution in [3.8, 4) is 5.75 Å². The fourth-order valence-electron chi connectivity index (χ4n) is 4.08. The van der Waals surface area contributed by atoms with E-state index < -0.39 is 0 Å². The Morgan fingerprint density at radius 1 is 1.08 bits per heavy atom. The molecule has 4 heteroatoms. The Balaban J connectivity index is 1.66. The van der Waals surface area contributed by atoms with Gasteiger partial charge in [0.2, 0.25) is 0 Å². The number of aryl methyl sites for hydroxylation is 2. The highest BCUT2D eigenvalue weighted by molar-refractivity contribution is 6.14. The van der Waals surface area contributed by atoms with Crippen molar-refractivity contribution in [2.24, 2.45) is 12.0 Å².